The van der Waals surface area contributed by atoms with Crippen molar-refractivity contribution < 1.29 is 29.0 Å². The fraction of sp³-hybridized carbons (Fsp3) is 0.741. The fourth-order valence-corrected chi connectivity index (χ4v) is 6.32. The second-order valence-electron chi connectivity index (χ2n) is 11.1. The molecule has 1 N–H and O–H groups in total. The Morgan fingerprint density at radius 2 is 2.00 bits per heavy atom. The summed E-state index contributed by atoms with van der Waals surface area (Å²) in [4.78, 5) is 44.8. The Hall–Kier alpha value is -2.19. The lowest BCUT2D eigenvalue weighted by Crippen LogP contribution is -2.61. The average Bonchev–Trinajstić information content (AvgIpc) is 3.42. The largest absolute Gasteiger partial charge is 0.465 e. The highest BCUT2D eigenvalue weighted by atomic mass is 16.6. The van der Waals surface area contributed by atoms with Crippen molar-refractivity contribution in [1.29, 1.82) is 0 Å². The molecule has 3 rings (SSSR count). The van der Waals surface area contributed by atoms with Gasteiger partial charge >= 0.3 is 5.97 Å². The molecule has 196 valence electrons. The summed E-state index contributed by atoms with van der Waals surface area (Å²) in [6.07, 6.45) is 6.42. The van der Waals surface area contributed by atoms with E-state index < -0.39 is 46.6 Å². The Bertz CT molecular complexity index is 866. The second kappa shape index (κ2) is 10.1. The van der Waals surface area contributed by atoms with E-state index in [0.29, 0.717) is 32.2 Å². The molecule has 8 heteroatoms. The third-order valence-corrected chi connectivity index (χ3v) is 8.03. The first-order chi connectivity index (χ1) is 16.5. The minimum atomic E-state index is -1.14. The van der Waals surface area contributed by atoms with E-state index in [1.807, 2.05) is 27.7 Å². The number of hydrogen-bond donors (Lipinski definition) is 1. The number of aliphatic hydroxyl groups excluding tert-OH is 1. The van der Waals surface area contributed by atoms with Crippen molar-refractivity contribution in [3.63, 3.8) is 0 Å². The lowest BCUT2D eigenvalue weighted by Gasteiger charge is -2.43. The highest BCUT2D eigenvalue weighted by Crippen LogP contribution is 2.64. The summed E-state index contributed by atoms with van der Waals surface area (Å²) in [5.41, 5.74) is -2.50. The molecule has 1 spiro atoms. The van der Waals surface area contributed by atoms with Crippen LogP contribution in [0, 0.1) is 11.8 Å². The smallest absolute Gasteiger partial charge is 0.312 e. The predicted octanol–water partition coefficient (Wildman–Crippen LogP) is 2.84. The van der Waals surface area contributed by atoms with Crippen LogP contribution in [0.3, 0.4) is 0 Å². The first-order valence-corrected chi connectivity index (χ1v) is 12.8. The summed E-state index contributed by atoms with van der Waals surface area (Å²) in [7, 11) is 0. The van der Waals surface area contributed by atoms with Gasteiger partial charge in [-0.3, -0.25) is 14.4 Å². The topological polar surface area (TPSA) is 96.4 Å². The number of fused-ring (bicyclic) bond motifs is 1. The van der Waals surface area contributed by atoms with E-state index in [-0.39, 0.29) is 25.0 Å². The molecule has 8 nitrogen and oxygen atoms in total. The van der Waals surface area contributed by atoms with E-state index in [9.17, 15) is 19.5 Å². The molecule has 0 aliphatic carbocycles. The van der Waals surface area contributed by atoms with Crippen LogP contribution in [0.15, 0.2) is 25.3 Å². The lowest BCUT2D eigenvalue weighted by molar-refractivity contribution is -0.164. The van der Waals surface area contributed by atoms with Crippen LogP contribution in [-0.4, -0.2) is 81.3 Å². The molecule has 0 aromatic heterocycles. The van der Waals surface area contributed by atoms with Gasteiger partial charge in [0.15, 0.2) is 0 Å². The van der Waals surface area contributed by atoms with Gasteiger partial charge in [0.05, 0.1) is 30.8 Å². The standard InChI is InChI=1S/C27H42N2O6/c1-8-11-12-16-34-24(33)20-19-22(31)29(18(4)17-30)21(23(32)28(15-9-2)25(5,6)7)27(19)14-13-26(20,10-3)35-27/h8-9,18-21,30H,1-2,10-17H2,3-7H3/t18-,19+,20-,21?,26+,27?/m1/s1. The van der Waals surface area contributed by atoms with E-state index >= 15 is 0 Å². The molecular formula is C27H42N2O6. The van der Waals surface area contributed by atoms with E-state index in [1.54, 1.807) is 24.0 Å². The minimum absolute atomic E-state index is 0.241. The Morgan fingerprint density at radius 3 is 2.54 bits per heavy atom. The van der Waals surface area contributed by atoms with Gasteiger partial charge in [-0.05, 0) is 59.8 Å². The maximum atomic E-state index is 14.2. The number of rotatable bonds is 11. The summed E-state index contributed by atoms with van der Waals surface area (Å²) in [6.45, 7) is 17.2. The number of carbonyl (C=O) groups is 3. The summed E-state index contributed by atoms with van der Waals surface area (Å²) < 4.78 is 12.3. The second-order valence-corrected chi connectivity index (χ2v) is 11.1. The molecule has 0 aromatic rings. The van der Waals surface area contributed by atoms with E-state index in [4.69, 9.17) is 9.47 Å². The van der Waals surface area contributed by atoms with Gasteiger partial charge in [0.2, 0.25) is 11.8 Å². The van der Waals surface area contributed by atoms with Crippen LogP contribution in [0.5, 0.6) is 0 Å². The first kappa shape index (κ1) is 27.4. The van der Waals surface area contributed by atoms with E-state index in [0.717, 1.165) is 6.42 Å². The van der Waals surface area contributed by atoms with Gasteiger partial charge in [-0.2, -0.15) is 0 Å². The molecule has 0 radical (unpaired) electrons. The number of hydrogen-bond acceptors (Lipinski definition) is 6. The van der Waals surface area contributed by atoms with Crippen LogP contribution in [0.1, 0.15) is 66.7 Å². The Balaban J connectivity index is 2.07. The number of unbranched alkanes of at least 4 members (excludes halogenated alkanes) is 1. The summed E-state index contributed by atoms with van der Waals surface area (Å²) in [5.74, 6) is -2.62. The van der Waals surface area contributed by atoms with Crippen LogP contribution in [0.2, 0.25) is 0 Å². The summed E-state index contributed by atoms with van der Waals surface area (Å²) in [5, 5.41) is 10.0. The summed E-state index contributed by atoms with van der Waals surface area (Å²) in [6, 6.07) is -1.54. The van der Waals surface area contributed by atoms with Crippen LogP contribution in [0.25, 0.3) is 0 Å². The zero-order valence-corrected chi connectivity index (χ0v) is 21.9. The molecule has 3 saturated heterocycles. The number of allylic oxidation sites excluding steroid dienone is 1. The normalized spacial score (nSPS) is 32.3. The summed E-state index contributed by atoms with van der Waals surface area (Å²) >= 11 is 0. The molecule has 2 amide bonds. The van der Waals surface area contributed by atoms with Gasteiger partial charge in [-0.1, -0.05) is 19.1 Å². The van der Waals surface area contributed by atoms with Gasteiger partial charge < -0.3 is 24.4 Å². The zero-order chi connectivity index (χ0) is 26.2. The van der Waals surface area contributed by atoms with Gasteiger partial charge in [-0.25, -0.2) is 0 Å². The van der Waals surface area contributed by atoms with Crippen LogP contribution >= 0.6 is 0 Å². The number of esters is 1. The number of ether oxygens (including phenoxy) is 2. The molecule has 35 heavy (non-hydrogen) atoms. The molecule has 0 saturated carbocycles. The zero-order valence-electron chi connectivity index (χ0n) is 21.9. The van der Waals surface area contributed by atoms with Crippen molar-refractivity contribution in [2.24, 2.45) is 11.8 Å². The molecule has 3 aliphatic heterocycles. The van der Waals surface area contributed by atoms with Gasteiger partial charge in [-0.15, -0.1) is 13.2 Å². The van der Waals surface area contributed by atoms with E-state index in [1.165, 1.54) is 4.90 Å². The maximum absolute atomic E-state index is 14.2. The number of aliphatic hydroxyl groups is 1. The molecular weight excluding hydrogens is 448 g/mol. The predicted molar refractivity (Wildman–Crippen MR) is 132 cm³/mol. The number of nitrogens with zero attached hydrogens (tertiary/aromatic N) is 2. The highest BCUT2D eigenvalue weighted by molar-refractivity contribution is 5.99. The highest BCUT2D eigenvalue weighted by Gasteiger charge is 2.79. The van der Waals surface area contributed by atoms with Crippen molar-refractivity contribution in [3.05, 3.63) is 25.3 Å². The maximum Gasteiger partial charge on any atom is 0.312 e. The molecule has 6 atom stereocenters. The first-order valence-electron chi connectivity index (χ1n) is 12.8. The van der Waals surface area contributed by atoms with Crippen molar-refractivity contribution >= 4 is 17.8 Å². The van der Waals surface area contributed by atoms with Gasteiger partial charge in [0, 0.05) is 12.1 Å². The lowest BCUT2D eigenvalue weighted by atomic mass is 9.65. The molecule has 2 bridgehead atoms. The number of amides is 2. The SMILES string of the molecule is C=CCCCOC(=O)[C@H]1[C@H]2C(=O)N([C@H](C)CO)C(C(=O)N(CC=C)C(C)(C)C)C23CC[C@]1(CC)O3. The number of likely N-dealkylation sites (tertiary alicyclic amines) is 1. The van der Waals surface area contributed by atoms with Crippen molar-refractivity contribution in [2.75, 3.05) is 19.8 Å². The Labute approximate surface area is 209 Å². The molecule has 3 fully saturated rings. The monoisotopic (exact) mass is 490 g/mol. The van der Waals surface area contributed by atoms with Gasteiger partial charge in [0.1, 0.15) is 17.6 Å². The van der Waals surface area contributed by atoms with E-state index in [2.05, 4.69) is 13.2 Å². The molecule has 3 heterocycles. The van der Waals surface area contributed by atoms with Crippen molar-refractivity contribution in [3.8, 4) is 0 Å². The van der Waals surface area contributed by atoms with Gasteiger partial charge in [0.25, 0.3) is 0 Å². The van der Waals surface area contributed by atoms with Crippen molar-refractivity contribution in [2.45, 2.75) is 95.5 Å². The van der Waals surface area contributed by atoms with Crippen molar-refractivity contribution in [1.82, 2.24) is 9.80 Å². The third-order valence-electron chi connectivity index (χ3n) is 8.03. The van der Waals surface area contributed by atoms with Crippen LogP contribution in [-0.2, 0) is 23.9 Å². The average molecular weight is 491 g/mol. The molecule has 3 aliphatic rings. The fourth-order valence-electron chi connectivity index (χ4n) is 6.32. The quantitative estimate of drug-likeness (QED) is 0.272. The number of carbonyl (C=O) groups excluding carboxylic acids is 3. The third kappa shape index (κ3) is 4.33. The van der Waals surface area contributed by atoms with Crippen LogP contribution in [0.4, 0.5) is 0 Å². The van der Waals surface area contributed by atoms with Crippen LogP contribution < -0.4 is 0 Å². The minimum Gasteiger partial charge on any atom is -0.465 e. The Kier molecular flexibility index (Phi) is 7.87. The molecule has 0 aromatic carbocycles. The Morgan fingerprint density at radius 1 is 1.31 bits per heavy atom. The molecule has 2 unspecified atom stereocenters.